The Bertz CT molecular complexity index is 1020. The van der Waals surface area contributed by atoms with E-state index in [0.29, 0.717) is 35.7 Å². The number of hydrogen-bond donors (Lipinski definition) is 2. The van der Waals surface area contributed by atoms with Gasteiger partial charge in [-0.05, 0) is 47.9 Å². The van der Waals surface area contributed by atoms with Gasteiger partial charge in [0.2, 0.25) is 11.8 Å². The first-order valence-corrected chi connectivity index (χ1v) is 9.60. The monoisotopic (exact) mass is 411 g/mol. The quantitative estimate of drug-likeness (QED) is 0.752. The molecule has 2 N–H and O–H groups in total. The average molecular weight is 412 g/mol. The molecule has 2 aromatic rings. The van der Waals surface area contributed by atoms with E-state index in [1.165, 1.54) is 4.90 Å². The van der Waals surface area contributed by atoms with Gasteiger partial charge < -0.3 is 10.2 Å². The van der Waals surface area contributed by atoms with Crippen LogP contribution in [0.4, 0.5) is 0 Å². The highest BCUT2D eigenvalue weighted by molar-refractivity contribution is 6.30. The Labute approximate surface area is 172 Å². The Morgan fingerprint density at radius 1 is 1.14 bits per heavy atom. The molecule has 4 rings (SSSR count). The molecule has 4 amide bonds. The fourth-order valence-electron chi connectivity index (χ4n) is 3.62. The van der Waals surface area contributed by atoms with Crippen LogP contribution >= 0.6 is 11.6 Å². The van der Waals surface area contributed by atoms with Gasteiger partial charge in [-0.15, -0.1) is 0 Å². The average Bonchev–Trinajstić information content (AvgIpc) is 3.02. The van der Waals surface area contributed by atoms with Crippen molar-refractivity contribution in [2.45, 2.75) is 32.0 Å². The zero-order valence-corrected chi connectivity index (χ0v) is 16.2. The molecular formula is C21H18ClN3O4. The predicted molar refractivity (Wildman–Crippen MR) is 105 cm³/mol. The molecule has 8 heteroatoms. The van der Waals surface area contributed by atoms with E-state index in [9.17, 15) is 19.2 Å². The van der Waals surface area contributed by atoms with Crippen LogP contribution in [0.2, 0.25) is 5.02 Å². The van der Waals surface area contributed by atoms with Crippen LogP contribution in [0.5, 0.6) is 0 Å². The second-order valence-electron chi connectivity index (χ2n) is 7.08. The lowest BCUT2D eigenvalue weighted by Gasteiger charge is -2.29. The van der Waals surface area contributed by atoms with Crippen LogP contribution in [-0.2, 0) is 22.7 Å². The van der Waals surface area contributed by atoms with Crippen molar-refractivity contribution in [1.29, 1.82) is 0 Å². The summed E-state index contributed by atoms with van der Waals surface area (Å²) < 4.78 is 0. The molecule has 0 aromatic heterocycles. The molecule has 0 saturated carbocycles. The van der Waals surface area contributed by atoms with Gasteiger partial charge in [0.1, 0.15) is 6.04 Å². The number of halogens is 1. The molecule has 1 atom stereocenters. The molecule has 0 bridgehead atoms. The molecule has 1 fully saturated rings. The van der Waals surface area contributed by atoms with E-state index in [1.807, 2.05) is 6.07 Å². The van der Waals surface area contributed by atoms with Crippen LogP contribution in [-0.4, -0.2) is 34.6 Å². The molecular weight excluding hydrogens is 394 g/mol. The van der Waals surface area contributed by atoms with Gasteiger partial charge >= 0.3 is 0 Å². The molecule has 2 aromatic carbocycles. The molecule has 148 valence electrons. The maximum Gasteiger partial charge on any atom is 0.255 e. The SMILES string of the molecule is O=C1CCC(N2Cc3cc(CNC(=O)c4ccc(Cl)cc4)ccc3C2=O)C(=O)N1. The molecule has 29 heavy (non-hydrogen) atoms. The number of carbonyl (C=O) groups is 4. The van der Waals surface area contributed by atoms with E-state index in [1.54, 1.807) is 36.4 Å². The van der Waals surface area contributed by atoms with Crippen molar-refractivity contribution in [2.75, 3.05) is 0 Å². The Kier molecular flexibility index (Phi) is 5.07. The Morgan fingerprint density at radius 3 is 2.62 bits per heavy atom. The number of fused-ring (bicyclic) bond motifs is 1. The van der Waals surface area contributed by atoms with Crippen molar-refractivity contribution in [1.82, 2.24) is 15.5 Å². The van der Waals surface area contributed by atoms with Crippen molar-refractivity contribution >= 4 is 35.2 Å². The van der Waals surface area contributed by atoms with Gasteiger partial charge in [0.05, 0.1) is 0 Å². The van der Waals surface area contributed by atoms with Crippen LogP contribution in [0.15, 0.2) is 42.5 Å². The Morgan fingerprint density at radius 2 is 1.90 bits per heavy atom. The van der Waals surface area contributed by atoms with E-state index in [4.69, 9.17) is 11.6 Å². The third kappa shape index (κ3) is 3.86. The summed E-state index contributed by atoms with van der Waals surface area (Å²) >= 11 is 5.83. The van der Waals surface area contributed by atoms with Gasteiger partial charge in [0.25, 0.3) is 11.8 Å². The van der Waals surface area contributed by atoms with E-state index < -0.39 is 11.9 Å². The van der Waals surface area contributed by atoms with Gasteiger partial charge in [-0.25, -0.2) is 0 Å². The fraction of sp³-hybridized carbons (Fsp3) is 0.238. The number of imide groups is 1. The lowest BCUT2D eigenvalue weighted by Crippen LogP contribution is -2.52. The zero-order chi connectivity index (χ0) is 20.5. The summed E-state index contributed by atoms with van der Waals surface area (Å²) in [7, 11) is 0. The van der Waals surface area contributed by atoms with Crippen molar-refractivity contribution in [3.8, 4) is 0 Å². The Hall–Kier alpha value is -3.19. The number of piperidine rings is 1. The lowest BCUT2D eigenvalue weighted by molar-refractivity contribution is -0.136. The molecule has 0 aliphatic carbocycles. The van der Waals surface area contributed by atoms with Crippen LogP contribution in [0.3, 0.4) is 0 Å². The Balaban J connectivity index is 1.43. The van der Waals surface area contributed by atoms with Crippen LogP contribution in [0, 0.1) is 0 Å². The van der Waals surface area contributed by atoms with Crippen molar-refractivity contribution in [2.24, 2.45) is 0 Å². The number of nitrogens with one attached hydrogen (secondary N) is 2. The highest BCUT2D eigenvalue weighted by atomic mass is 35.5. The van der Waals surface area contributed by atoms with Crippen molar-refractivity contribution < 1.29 is 19.2 Å². The predicted octanol–water partition coefficient (Wildman–Crippen LogP) is 2.03. The number of carbonyl (C=O) groups excluding carboxylic acids is 4. The summed E-state index contributed by atoms with van der Waals surface area (Å²) in [6.07, 6.45) is 0.549. The highest BCUT2D eigenvalue weighted by Gasteiger charge is 2.39. The zero-order valence-electron chi connectivity index (χ0n) is 15.4. The summed E-state index contributed by atoms with van der Waals surface area (Å²) in [6, 6.07) is 11.3. The minimum atomic E-state index is -0.638. The number of rotatable bonds is 4. The maximum absolute atomic E-state index is 12.7. The minimum Gasteiger partial charge on any atom is -0.348 e. The van der Waals surface area contributed by atoms with E-state index in [2.05, 4.69) is 10.6 Å². The van der Waals surface area contributed by atoms with Crippen LogP contribution < -0.4 is 10.6 Å². The topological polar surface area (TPSA) is 95.6 Å². The summed E-state index contributed by atoms with van der Waals surface area (Å²) in [6.45, 7) is 0.612. The van der Waals surface area contributed by atoms with E-state index >= 15 is 0 Å². The first-order chi connectivity index (χ1) is 13.9. The molecule has 2 aliphatic heterocycles. The second kappa shape index (κ2) is 7.67. The van der Waals surface area contributed by atoms with Crippen molar-refractivity contribution in [3.63, 3.8) is 0 Å². The summed E-state index contributed by atoms with van der Waals surface area (Å²) in [5, 5.41) is 5.69. The number of nitrogens with zero attached hydrogens (tertiary/aromatic N) is 1. The normalized spacial score (nSPS) is 18.4. The number of hydrogen-bond acceptors (Lipinski definition) is 4. The van der Waals surface area contributed by atoms with Crippen molar-refractivity contribution in [3.05, 3.63) is 69.7 Å². The van der Waals surface area contributed by atoms with Gasteiger partial charge in [0, 0.05) is 35.7 Å². The maximum atomic E-state index is 12.7. The number of amides is 4. The van der Waals surface area contributed by atoms with E-state index in [0.717, 1.165) is 11.1 Å². The molecule has 7 nitrogen and oxygen atoms in total. The highest BCUT2D eigenvalue weighted by Crippen LogP contribution is 2.28. The smallest absolute Gasteiger partial charge is 0.255 e. The van der Waals surface area contributed by atoms with E-state index in [-0.39, 0.29) is 24.1 Å². The largest absolute Gasteiger partial charge is 0.348 e. The molecule has 2 heterocycles. The van der Waals surface area contributed by atoms with Gasteiger partial charge in [-0.2, -0.15) is 0 Å². The molecule has 1 unspecified atom stereocenters. The minimum absolute atomic E-state index is 0.216. The first kappa shape index (κ1) is 19.1. The standard InChI is InChI=1S/C21H18ClN3O4/c22-15-4-2-13(3-5-15)19(27)23-10-12-1-6-16-14(9-12)11-25(21(16)29)17-7-8-18(26)24-20(17)28/h1-6,9,17H,7-8,10-11H2,(H,23,27)(H,24,26,28). The molecule has 0 radical (unpaired) electrons. The van der Waals surface area contributed by atoms with Crippen LogP contribution in [0.25, 0.3) is 0 Å². The third-order valence-electron chi connectivity index (χ3n) is 5.15. The first-order valence-electron chi connectivity index (χ1n) is 9.22. The summed E-state index contributed by atoms with van der Waals surface area (Å²) in [4.78, 5) is 49.9. The molecule has 0 spiro atoms. The van der Waals surface area contributed by atoms with Crippen LogP contribution in [0.1, 0.15) is 44.7 Å². The summed E-state index contributed by atoms with van der Waals surface area (Å²) in [5.74, 6) is -1.18. The summed E-state index contributed by atoms with van der Waals surface area (Å²) in [5.41, 5.74) is 2.71. The lowest BCUT2D eigenvalue weighted by atomic mass is 10.0. The second-order valence-corrected chi connectivity index (χ2v) is 7.52. The van der Waals surface area contributed by atoms with Gasteiger partial charge in [-0.3, -0.25) is 24.5 Å². The van der Waals surface area contributed by atoms with Gasteiger partial charge in [-0.1, -0.05) is 23.7 Å². The molecule has 2 aliphatic rings. The number of benzene rings is 2. The fourth-order valence-corrected chi connectivity index (χ4v) is 3.75. The third-order valence-corrected chi connectivity index (χ3v) is 5.40. The van der Waals surface area contributed by atoms with Gasteiger partial charge in [0.15, 0.2) is 0 Å². The molecule has 1 saturated heterocycles.